The summed E-state index contributed by atoms with van der Waals surface area (Å²) in [7, 11) is 0. The third-order valence-corrected chi connectivity index (χ3v) is 9.53. The second-order valence-corrected chi connectivity index (χ2v) is 13.7. The van der Waals surface area contributed by atoms with Crippen LogP contribution in [0.1, 0.15) is 68.3 Å². The third-order valence-electron chi connectivity index (χ3n) is 8.73. The maximum atomic E-state index is 14.9. The quantitative estimate of drug-likeness (QED) is 0.123. The number of carbonyl (C=O) groups is 2. The van der Waals surface area contributed by atoms with Crippen molar-refractivity contribution in [3.05, 3.63) is 39.1 Å². The number of benzene rings is 1. The highest BCUT2D eigenvalue weighted by molar-refractivity contribution is 6.39. The van der Waals surface area contributed by atoms with Gasteiger partial charge in [-0.15, -0.1) is 0 Å². The monoisotopic (exact) mass is 733 g/mol. The van der Waals surface area contributed by atoms with Gasteiger partial charge in [0.25, 0.3) is 5.91 Å². The van der Waals surface area contributed by atoms with Gasteiger partial charge in [0, 0.05) is 26.2 Å². The lowest BCUT2D eigenvalue weighted by atomic mass is 9.81. The lowest BCUT2D eigenvalue weighted by molar-refractivity contribution is -0.183. The average molecular weight is 735 g/mol. The first-order valence-corrected chi connectivity index (χ1v) is 16.9. The average Bonchev–Trinajstić information content (AvgIpc) is 3.46. The molecular formula is C32H38Cl2F5N7O3. The first-order chi connectivity index (χ1) is 23.2. The number of nitrogens with one attached hydrogen (secondary N) is 4. The van der Waals surface area contributed by atoms with E-state index < -0.39 is 36.1 Å². The molecule has 0 bridgehead atoms. The van der Waals surface area contributed by atoms with Gasteiger partial charge in [-0.05, 0) is 68.1 Å². The van der Waals surface area contributed by atoms with Crippen molar-refractivity contribution < 1.29 is 36.3 Å². The summed E-state index contributed by atoms with van der Waals surface area (Å²) in [4.78, 5) is 39.4. The molecule has 3 aromatic rings. The van der Waals surface area contributed by atoms with E-state index in [1.54, 1.807) is 11.0 Å². The molecule has 17 heteroatoms. The summed E-state index contributed by atoms with van der Waals surface area (Å²) in [5.41, 5.74) is 0.897. The summed E-state index contributed by atoms with van der Waals surface area (Å²) >= 11 is 12.8. The van der Waals surface area contributed by atoms with Gasteiger partial charge in [0.15, 0.2) is 5.65 Å². The number of nitrogens with zero attached hydrogens (tertiary/aromatic N) is 3. The van der Waals surface area contributed by atoms with Crippen LogP contribution in [0.2, 0.25) is 10.0 Å². The zero-order valence-electron chi connectivity index (χ0n) is 27.0. The van der Waals surface area contributed by atoms with Crippen molar-refractivity contribution in [3.8, 4) is 0 Å². The van der Waals surface area contributed by atoms with Crippen LogP contribution in [0, 0.1) is 23.6 Å². The Bertz CT molecular complexity index is 1660. The van der Waals surface area contributed by atoms with Gasteiger partial charge in [-0.2, -0.15) is 18.2 Å². The minimum absolute atomic E-state index is 0.0168. The molecule has 1 saturated heterocycles. The van der Waals surface area contributed by atoms with E-state index in [2.05, 4.69) is 30.9 Å². The number of imidazole rings is 1. The number of halogens is 7. The summed E-state index contributed by atoms with van der Waals surface area (Å²) in [6.07, 6.45) is -4.66. The van der Waals surface area contributed by atoms with Gasteiger partial charge in [0.05, 0.1) is 34.3 Å². The number of ether oxygens (including phenoxy) is 1. The first-order valence-electron chi connectivity index (χ1n) is 16.2. The van der Waals surface area contributed by atoms with E-state index in [4.69, 9.17) is 27.9 Å². The van der Waals surface area contributed by atoms with Crippen molar-refractivity contribution in [2.45, 2.75) is 71.3 Å². The summed E-state index contributed by atoms with van der Waals surface area (Å²) in [5.74, 6) is -2.22. The number of piperidine rings is 1. The predicted molar refractivity (Wildman–Crippen MR) is 177 cm³/mol. The number of hydrogen-bond donors (Lipinski definition) is 4. The maximum Gasteiger partial charge on any atom is 0.407 e. The predicted octanol–water partition coefficient (Wildman–Crippen LogP) is 8.07. The molecule has 3 heterocycles. The Kier molecular flexibility index (Phi) is 11.6. The Morgan fingerprint density at radius 3 is 2.39 bits per heavy atom. The number of alkyl halides is 4. The minimum atomic E-state index is -4.22. The highest BCUT2D eigenvalue weighted by Crippen LogP contribution is 2.40. The number of hydrogen-bond acceptors (Lipinski definition) is 7. The number of alkyl carbamates (subject to hydrolysis) is 1. The third kappa shape index (κ3) is 9.15. The highest BCUT2D eigenvalue weighted by atomic mass is 35.5. The van der Waals surface area contributed by atoms with Gasteiger partial charge in [0.2, 0.25) is 5.95 Å². The molecule has 1 saturated carbocycles. The van der Waals surface area contributed by atoms with Gasteiger partial charge in [-0.3, -0.25) is 4.79 Å². The largest absolute Gasteiger partial charge is 0.449 e. The molecule has 1 aliphatic heterocycles. The van der Waals surface area contributed by atoms with Gasteiger partial charge in [0.1, 0.15) is 22.8 Å². The number of aromatic amines is 1. The fourth-order valence-corrected chi connectivity index (χ4v) is 6.47. The Morgan fingerprint density at radius 2 is 1.73 bits per heavy atom. The topological polar surface area (TPSA) is 124 Å². The van der Waals surface area contributed by atoms with E-state index in [1.807, 2.05) is 13.8 Å². The maximum absolute atomic E-state index is 14.9. The van der Waals surface area contributed by atoms with Crippen LogP contribution in [0.15, 0.2) is 12.1 Å². The molecule has 1 aromatic carbocycles. The summed E-state index contributed by atoms with van der Waals surface area (Å²) in [6, 6.07) is 2.64. The first kappa shape index (κ1) is 36.7. The van der Waals surface area contributed by atoms with Gasteiger partial charge in [-0.25, -0.2) is 18.6 Å². The summed E-state index contributed by atoms with van der Waals surface area (Å²) in [5, 5.41) is 7.94. The zero-order chi connectivity index (χ0) is 35.5. The smallest absolute Gasteiger partial charge is 0.407 e. The molecule has 4 N–H and O–H groups in total. The molecule has 49 heavy (non-hydrogen) atoms. The van der Waals surface area contributed by atoms with Crippen molar-refractivity contribution in [2.75, 3.05) is 36.5 Å². The standard InChI is InChI=1S/C32H38Cl2F5N7O3/c1-16(2)15-49-31(48)41-14-18-11-22(36)25(34)26(24(18)33)43-30-42-23-12-21(28(44-27(23)45-30)46-9-7-20(35)8-10-46)29(47)40-13-17-3-5-19(6-4-17)32(37,38)39/h11-12,16-17,19-20H,3-10,13-15H2,1-2H3,(H,40,47)(H,41,48)(H2,42,43,44,45). The SMILES string of the molecule is CC(C)COC(=O)NCc1cc(F)c(Cl)c(Nc2nc3nc(N4CCC(F)CC4)c(C(=O)NCC4CCC(C(F)(F)F)CC4)cc3[nH]2)c1Cl. The van der Waals surface area contributed by atoms with Crippen LogP contribution in [-0.2, 0) is 11.3 Å². The van der Waals surface area contributed by atoms with E-state index in [9.17, 15) is 31.5 Å². The van der Waals surface area contributed by atoms with Crippen LogP contribution in [-0.4, -0.2) is 65.5 Å². The highest BCUT2D eigenvalue weighted by Gasteiger charge is 2.41. The Hall–Kier alpha value is -3.59. The number of carbonyl (C=O) groups excluding carboxylic acids is 2. The zero-order valence-corrected chi connectivity index (χ0v) is 28.5. The van der Waals surface area contributed by atoms with Crippen molar-refractivity contribution >= 4 is 63.8 Å². The van der Waals surface area contributed by atoms with E-state index in [1.165, 1.54) is 0 Å². The normalized spacial score (nSPS) is 18.9. The Balaban J connectivity index is 1.36. The Morgan fingerprint density at radius 1 is 1.04 bits per heavy atom. The summed E-state index contributed by atoms with van der Waals surface area (Å²) < 4.78 is 73.3. The van der Waals surface area contributed by atoms with Crippen LogP contribution >= 0.6 is 23.2 Å². The van der Waals surface area contributed by atoms with Gasteiger partial charge >= 0.3 is 12.3 Å². The number of anilines is 3. The van der Waals surface area contributed by atoms with Crippen LogP contribution in [0.5, 0.6) is 0 Å². The van der Waals surface area contributed by atoms with Gasteiger partial charge < -0.3 is 30.6 Å². The number of fused-ring (bicyclic) bond motifs is 1. The van der Waals surface area contributed by atoms with Crippen molar-refractivity contribution in [1.29, 1.82) is 0 Å². The fourth-order valence-electron chi connectivity index (χ4n) is 5.96. The number of amides is 2. The molecule has 0 radical (unpaired) electrons. The number of pyridine rings is 1. The van der Waals surface area contributed by atoms with E-state index in [0.29, 0.717) is 31.4 Å². The van der Waals surface area contributed by atoms with Crippen LogP contribution < -0.4 is 20.9 Å². The molecule has 1 aliphatic carbocycles. The van der Waals surface area contributed by atoms with Crippen molar-refractivity contribution in [3.63, 3.8) is 0 Å². The van der Waals surface area contributed by atoms with E-state index in [0.717, 1.165) is 6.07 Å². The minimum Gasteiger partial charge on any atom is -0.449 e. The van der Waals surface area contributed by atoms with Crippen LogP contribution in [0.25, 0.3) is 11.2 Å². The molecule has 2 fully saturated rings. The molecule has 2 amide bonds. The lowest BCUT2D eigenvalue weighted by Gasteiger charge is -2.31. The van der Waals surface area contributed by atoms with Crippen LogP contribution in [0.4, 0.5) is 44.2 Å². The molecule has 0 atom stereocenters. The van der Waals surface area contributed by atoms with E-state index in [-0.39, 0.29) is 101 Å². The molecule has 2 aromatic heterocycles. The molecule has 0 spiro atoms. The molecule has 2 aliphatic rings. The fraction of sp³-hybridized carbons (Fsp3) is 0.562. The molecule has 10 nitrogen and oxygen atoms in total. The lowest BCUT2D eigenvalue weighted by Crippen LogP contribution is -2.38. The molecule has 5 rings (SSSR count). The number of H-pyrrole nitrogens is 1. The second kappa shape index (κ2) is 15.5. The summed E-state index contributed by atoms with van der Waals surface area (Å²) in [6.45, 7) is 4.64. The molecule has 268 valence electrons. The molecular weight excluding hydrogens is 696 g/mol. The van der Waals surface area contributed by atoms with Crippen molar-refractivity contribution in [1.82, 2.24) is 25.6 Å². The van der Waals surface area contributed by atoms with Crippen LogP contribution in [0.3, 0.4) is 0 Å². The molecule has 0 unspecified atom stereocenters. The van der Waals surface area contributed by atoms with Crippen molar-refractivity contribution in [2.24, 2.45) is 17.8 Å². The number of aromatic nitrogens is 3. The Labute approximate surface area is 289 Å². The van der Waals surface area contributed by atoms with E-state index >= 15 is 0 Å². The second-order valence-electron chi connectivity index (χ2n) is 12.9. The van der Waals surface area contributed by atoms with Gasteiger partial charge in [-0.1, -0.05) is 37.0 Å². The number of rotatable bonds is 10.